The van der Waals surface area contributed by atoms with Crippen molar-refractivity contribution >= 4 is 5.97 Å². The van der Waals surface area contributed by atoms with E-state index in [4.69, 9.17) is 5.11 Å². The highest BCUT2D eigenvalue weighted by atomic mass is 19.1. The third-order valence-corrected chi connectivity index (χ3v) is 3.15. The maximum atomic E-state index is 13.2. The Morgan fingerprint density at radius 2 is 2.17 bits per heavy atom. The Kier molecular flexibility index (Phi) is 5.28. The molecule has 1 unspecified atom stereocenters. The van der Waals surface area contributed by atoms with Crippen LogP contribution in [0.4, 0.5) is 4.39 Å². The van der Waals surface area contributed by atoms with Crippen LogP contribution >= 0.6 is 0 Å². The molecule has 100 valence electrons. The standard InChI is InChI=1S/C14H20FNO2/c1-4-5-10(2)16(3)9-11-6-7-13(15)12(8-11)14(17)18/h6-8,10H,4-5,9H2,1-3H3,(H,17,18). The minimum Gasteiger partial charge on any atom is -0.478 e. The molecule has 1 N–H and O–H groups in total. The molecule has 0 heterocycles. The molecular formula is C14H20FNO2. The van der Waals surface area contributed by atoms with Crippen LogP contribution in [-0.4, -0.2) is 29.1 Å². The van der Waals surface area contributed by atoms with Gasteiger partial charge in [-0.1, -0.05) is 19.4 Å². The molecule has 1 aromatic carbocycles. The molecule has 3 nitrogen and oxygen atoms in total. The molecule has 1 rings (SSSR count). The maximum absolute atomic E-state index is 13.2. The molecule has 0 radical (unpaired) electrons. The van der Waals surface area contributed by atoms with Crippen LogP contribution in [0.5, 0.6) is 0 Å². The van der Waals surface area contributed by atoms with E-state index >= 15 is 0 Å². The van der Waals surface area contributed by atoms with Crippen LogP contribution in [-0.2, 0) is 6.54 Å². The molecule has 0 bridgehead atoms. The molecule has 0 fully saturated rings. The van der Waals surface area contributed by atoms with Gasteiger partial charge in [-0.25, -0.2) is 9.18 Å². The topological polar surface area (TPSA) is 40.5 Å². The number of carbonyl (C=O) groups is 1. The van der Waals surface area contributed by atoms with Crippen molar-refractivity contribution in [1.82, 2.24) is 4.90 Å². The summed E-state index contributed by atoms with van der Waals surface area (Å²) in [4.78, 5) is 13.0. The average Bonchev–Trinajstić information content (AvgIpc) is 2.31. The van der Waals surface area contributed by atoms with Gasteiger partial charge < -0.3 is 5.11 Å². The van der Waals surface area contributed by atoms with E-state index < -0.39 is 11.8 Å². The second-order valence-corrected chi connectivity index (χ2v) is 4.67. The van der Waals surface area contributed by atoms with Crippen molar-refractivity contribution in [3.8, 4) is 0 Å². The van der Waals surface area contributed by atoms with Crippen LogP contribution in [0.3, 0.4) is 0 Å². The Balaban J connectivity index is 2.79. The molecule has 0 aliphatic heterocycles. The summed E-state index contributed by atoms with van der Waals surface area (Å²) in [6, 6.07) is 4.69. The Morgan fingerprint density at radius 3 is 2.72 bits per heavy atom. The van der Waals surface area contributed by atoms with Crippen molar-refractivity contribution < 1.29 is 14.3 Å². The summed E-state index contributed by atoms with van der Waals surface area (Å²) in [5.41, 5.74) is 0.559. The zero-order chi connectivity index (χ0) is 13.7. The molecule has 18 heavy (non-hydrogen) atoms. The largest absolute Gasteiger partial charge is 0.478 e. The van der Waals surface area contributed by atoms with E-state index in [-0.39, 0.29) is 5.56 Å². The van der Waals surface area contributed by atoms with Gasteiger partial charge in [-0.2, -0.15) is 0 Å². The summed E-state index contributed by atoms with van der Waals surface area (Å²) in [5, 5.41) is 8.86. The third-order valence-electron chi connectivity index (χ3n) is 3.15. The van der Waals surface area contributed by atoms with Gasteiger partial charge in [0, 0.05) is 12.6 Å². The first-order valence-electron chi connectivity index (χ1n) is 6.17. The van der Waals surface area contributed by atoms with E-state index in [0.717, 1.165) is 18.4 Å². The third kappa shape index (κ3) is 3.81. The number of aromatic carboxylic acids is 1. The number of hydrogen-bond donors (Lipinski definition) is 1. The molecule has 0 saturated heterocycles. The highest BCUT2D eigenvalue weighted by molar-refractivity contribution is 5.88. The zero-order valence-electron chi connectivity index (χ0n) is 11.1. The maximum Gasteiger partial charge on any atom is 0.338 e. The van der Waals surface area contributed by atoms with Crippen LogP contribution in [0, 0.1) is 5.82 Å². The van der Waals surface area contributed by atoms with Gasteiger partial charge in [-0.15, -0.1) is 0 Å². The van der Waals surface area contributed by atoms with Gasteiger partial charge in [-0.3, -0.25) is 4.90 Å². The van der Waals surface area contributed by atoms with Gasteiger partial charge in [0.05, 0.1) is 5.56 Å². The van der Waals surface area contributed by atoms with Crippen molar-refractivity contribution in [3.63, 3.8) is 0 Å². The van der Waals surface area contributed by atoms with Crippen molar-refractivity contribution in [2.45, 2.75) is 39.3 Å². The number of rotatable bonds is 6. The highest BCUT2D eigenvalue weighted by Gasteiger charge is 2.13. The van der Waals surface area contributed by atoms with Gasteiger partial charge in [0.25, 0.3) is 0 Å². The predicted octanol–water partition coefficient (Wildman–Crippen LogP) is 3.14. The Bertz CT molecular complexity index is 420. The molecule has 0 aliphatic rings. The monoisotopic (exact) mass is 253 g/mol. The Labute approximate surface area is 107 Å². The fraction of sp³-hybridized carbons (Fsp3) is 0.500. The summed E-state index contributed by atoms with van der Waals surface area (Å²) in [6.07, 6.45) is 2.19. The lowest BCUT2D eigenvalue weighted by atomic mass is 10.1. The fourth-order valence-electron chi connectivity index (χ4n) is 1.92. The van der Waals surface area contributed by atoms with Crippen molar-refractivity contribution in [1.29, 1.82) is 0 Å². The lowest BCUT2D eigenvalue weighted by Crippen LogP contribution is -2.28. The van der Waals surface area contributed by atoms with Crippen LogP contribution < -0.4 is 0 Å². The summed E-state index contributed by atoms with van der Waals surface area (Å²) < 4.78 is 13.2. The van der Waals surface area contributed by atoms with Crippen molar-refractivity contribution in [3.05, 3.63) is 35.1 Å². The minimum absolute atomic E-state index is 0.260. The molecule has 0 aromatic heterocycles. The summed E-state index contributed by atoms with van der Waals surface area (Å²) >= 11 is 0. The molecule has 0 saturated carbocycles. The van der Waals surface area contributed by atoms with E-state index in [0.29, 0.717) is 12.6 Å². The molecule has 1 aromatic rings. The van der Waals surface area contributed by atoms with Crippen molar-refractivity contribution in [2.24, 2.45) is 0 Å². The Hall–Kier alpha value is -1.42. The lowest BCUT2D eigenvalue weighted by molar-refractivity contribution is 0.0691. The average molecular weight is 253 g/mol. The van der Waals surface area contributed by atoms with Crippen LogP contribution in [0.15, 0.2) is 18.2 Å². The van der Waals surface area contributed by atoms with Gasteiger partial charge in [0.15, 0.2) is 0 Å². The zero-order valence-corrected chi connectivity index (χ0v) is 11.1. The summed E-state index contributed by atoms with van der Waals surface area (Å²) in [5.74, 6) is -1.91. The number of benzene rings is 1. The Morgan fingerprint density at radius 1 is 1.50 bits per heavy atom. The smallest absolute Gasteiger partial charge is 0.338 e. The number of nitrogens with zero attached hydrogens (tertiary/aromatic N) is 1. The molecule has 0 amide bonds. The first-order chi connectivity index (χ1) is 8.45. The SMILES string of the molecule is CCCC(C)N(C)Cc1ccc(F)c(C(=O)O)c1. The van der Waals surface area contributed by atoms with Gasteiger partial charge >= 0.3 is 5.97 Å². The number of carboxylic acid groups (broad SMARTS) is 1. The van der Waals surface area contributed by atoms with Crippen LogP contribution in [0.2, 0.25) is 0 Å². The van der Waals surface area contributed by atoms with E-state index in [1.807, 2.05) is 7.05 Å². The van der Waals surface area contributed by atoms with E-state index in [1.165, 1.54) is 12.1 Å². The van der Waals surface area contributed by atoms with E-state index in [2.05, 4.69) is 18.7 Å². The van der Waals surface area contributed by atoms with E-state index in [1.54, 1.807) is 6.07 Å². The fourth-order valence-corrected chi connectivity index (χ4v) is 1.92. The molecule has 1 atom stereocenters. The number of halogens is 1. The first kappa shape index (κ1) is 14.6. The van der Waals surface area contributed by atoms with E-state index in [9.17, 15) is 9.18 Å². The van der Waals surface area contributed by atoms with Crippen LogP contribution in [0.25, 0.3) is 0 Å². The highest BCUT2D eigenvalue weighted by Crippen LogP contribution is 2.14. The van der Waals surface area contributed by atoms with Crippen molar-refractivity contribution in [2.75, 3.05) is 7.05 Å². The number of carboxylic acids is 1. The quantitative estimate of drug-likeness (QED) is 0.846. The molecular weight excluding hydrogens is 233 g/mol. The second-order valence-electron chi connectivity index (χ2n) is 4.67. The lowest BCUT2D eigenvalue weighted by Gasteiger charge is -2.24. The minimum atomic E-state index is -1.22. The van der Waals surface area contributed by atoms with Crippen LogP contribution in [0.1, 0.15) is 42.6 Å². The normalized spacial score (nSPS) is 12.7. The van der Waals surface area contributed by atoms with Gasteiger partial charge in [0.1, 0.15) is 5.82 Å². The van der Waals surface area contributed by atoms with Gasteiger partial charge in [0.2, 0.25) is 0 Å². The van der Waals surface area contributed by atoms with Gasteiger partial charge in [-0.05, 0) is 38.1 Å². The predicted molar refractivity (Wildman–Crippen MR) is 69.2 cm³/mol. The number of hydrogen-bond acceptors (Lipinski definition) is 2. The molecule has 0 spiro atoms. The summed E-state index contributed by atoms with van der Waals surface area (Å²) in [6.45, 7) is 4.89. The molecule has 4 heteroatoms. The first-order valence-corrected chi connectivity index (χ1v) is 6.17. The molecule has 0 aliphatic carbocycles. The summed E-state index contributed by atoms with van der Waals surface area (Å²) in [7, 11) is 1.99. The second kappa shape index (κ2) is 6.50.